The minimum atomic E-state index is -0.960. The van der Waals surface area contributed by atoms with E-state index in [2.05, 4.69) is 10.4 Å². The molecule has 6 nitrogen and oxygen atoms in total. The number of halogens is 2. The van der Waals surface area contributed by atoms with Crippen LogP contribution in [-0.4, -0.2) is 23.1 Å². The Morgan fingerprint density at radius 3 is 2.35 bits per heavy atom. The smallest absolute Gasteiger partial charge is 0.329 e. The maximum Gasteiger partial charge on any atom is 0.329 e. The van der Waals surface area contributed by atoms with Gasteiger partial charge in [-0.1, -0.05) is 23.2 Å². The molecule has 0 aliphatic heterocycles. The molecule has 0 unspecified atom stereocenters. The Balaban J connectivity index is 1.93. The first-order valence-electron chi connectivity index (χ1n) is 6.34. The quantitative estimate of drug-likeness (QED) is 0.451. The predicted molar refractivity (Wildman–Crippen MR) is 88.9 cm³/mol. The van der Waals surface area contributed by atoms with Crippen LogP contribution in [0.4, 0.5) is 5.69 Å². The van der Waals surface area contributed by atoms with Crippen LogP contribution in [0, 0.1) is 0 Å². The van der Waals surface area contributed by atoms with E-state index in [1.165, 1.54) is 24.4 Å². The van der Waals surface area contributed by atoms with Crippen molar-refractivity contribution in [1.82, 2.24) is 5.43 Å². The number of carbonyl (C=O) groups is 2. The third kappa shape index (κ3) is 4.98. The number of benzene rings is 2. The third-order valence-electron chi connectivity index (χ3n) is 2.67. The molecule has 0 aromatic heterocycles. The summed E-state index contributed by atoms with van der Waals surface area (Å²) in [6.07, 6.45) is 1.18. The van der Waals surface area contributed by atoms with E-state index in [1.807, 2.05) is 5.43 Å². The van der Waals surface area contributed by atoms with Gasteiger partial charge in [-0.25, -0.2) is 5.43 Å². The van der Waals surface area contributed by atoms with E-state index in [0.717, 1.165) is 0 Å². The first-order valence-corrected chi connectivity index (χ1v) is 7.10. The van der Waals surface area contributed by atoms with Gasteiger partial charge in [-0.2, -0.15) is 5.10 Å². The largest absolute Gasteiger partial charge is 0.507 e. The van der Waals surface area contributed by atoms with Crippen LogP contribution in [-0.2, 0) is 9.59 Å². The zero-order valence-electron chi connectivity index (χ0n) is 11.6. The molecular formula is C15H11Cl2N3O3. The fourth-order valence-corrected chi connectivity index (χ4v) is 1.87. The lowest BCUT2D eigenvalue weighted by molar-refractivity contribution is -0.136. The number of hydrogen-bond acceptors (Lipinski definition) is 4. The number of amides is 2. The molecule has 0 aliphatic rings. The van der Waals surface area contributed by atoms with Gasteiger partial charge < -0.3 is 10.4 Å². The Morgan fingerprint density at radius 1 is 1.00 bits per heavy atom. The highest BCUT2D eigenvalue weighted by Gasteiger charge is 2.12. The molecule has 2 amide bonds. The molecule has 2 aromatic carbocycles. The van der Waals surface area contributed by atoms with Crippen molar-refractivity contribution in [3.63, 3.8) is 0 Å². The van der Waals surface area contributed by atoms with E-state index >= 15 is 0 Å². The molecule has 0 saturated carbocycles. The fraction of sp³-hybridized carbons (Fsp3) is 0. The Hall–Kier alpha value is -2.57. The monoisotopic (exact) mass is 351 g/mol. The number of phenolic OH excluding ortho intramolecular Hbond substituents is 1. The van der Waals surface area contributed by atoms with E-state index in [-0.39, 0.29) is 5.75 Å². The molecule has 3 N–H and O–H groups in total. The molecule has 0 atom stereocenters. The van der Waals surface area contributed by atoms with Crippen LogP contribution >= 0.6 is 23.2 Å². The van der Waals surface area contributed by atoms with Gasteiger partial charge in [0.15, 0.2) is 0 Å². The lowest BCUT2D eigenvalue weighted by atomic mass is 10.2. The number of aromatic hydroxyl groups is 1. The number of nitrogens with one attached hydrogen (secondary N) is 2. The average Bonchev–Trinajstić information content (AvgIpc) is 2.52. The van der Waals surface area contributed by atoms with Crippen molar-refractivity contribution in [2.75, 3.05) is 5.32 Å². The maximum absolute atomic E-state index is 11.7. The number of hydrazone groups is 1. The highest BCUT2D eigenvalue weighted by molar-refractivity contribution is 6.39. The molecule has 0 heterocycles. The minimum Gasteiger partial charge on any atom is -0.507 e. The number of anilines is 1. The van der Waals surface area contributed by atoms with Crippen LogP contribution in [0.2, 0.25) is 10.0 Å². The summed E-state index contributed by atoms with van der Waals surface area (Å²) in [5.74, 6) is -1.91. The molecule has 0 saturated heterocycles. The summed E-state index contributed by atoms with van der Waals surface area (Å²) in [6.45, 7) is 0. The van der Waals surface area contributed by atoms with Crippen LogP contribution in [0.1, 0.15) is 5.56 Å². The van der Waals surface area contributed by atoms with E-state index in [9.17, 15) is 14.7 Å². The number of hydrogen-bond donors (Lipinski definition) is 3. The van der Waals surface area contributed by atoms with Gasteiger partial charge in [0.05, 0.1) is 6.21 Å². The summed E-state index contributed by atoms with van der Waals surface area (Å²) in [7, 11) is 0. The van der Waals surface area contributed by atoms with Crippen molar-refractivity contribution in [3.8, 4) is 5.75 Å². The van der Waals surface area contributed by atoms with Gasteiger partial charge in [0.25, 0.3) is 0 Å². The summed E-state index contributed by atoms with van der Waals surface area (Å²) < 4.78 is 0. The fourth-order valence-electron chi connectivity index (χ4n) is 1.56. The van der Waals surface area contributed by atoms with E-state index in [4.69, 9.17) is 23.2 Å². The van der Waals surface area contributed by atoms with Crippen molar-refractivity contribution < 1.29 is 14.7 Å². The second-order valence-corrected chi connectivity index (χ2v) is 5.24. The molecule has 0 aliphatic carbocycles. The highest BCUT2D eigenvalue weighted by Crippen LogP contribution is 2.19. The second-order valence-electron chi connectivity index (χ2n) is 4.36. The zero-order valence-corrected chi connectivity index (χ0v) is 13.1. The Morgan fingerprint density at radius 2 is 1.65 bits per heavy atom. The van der Waals surface area contributed by atoms with E-state index in [1.54, 1.807) is 24.3 Å². The maximum atomic E-state index is 11.7. The van der Waals surface area contributed by atoms with Crippen molar-refractivity contribution in [3.05, 3.63) is 58.1 Å². The van der Waals surface area contributed by atoms with Crippen molar-refractivity contribution in [2.24, 2.45) is 5.10 Å². The Bertz CT molecular complexity index is 761. The molecular weight excluding hydrogens is 341 g/mol. The Kier molecular flexibility index (Phi) is 5.56. The van der Waals surface area contributed by atoms with Gasteiger partial charge in [-0.05, 0) is 42.5 Å². The average molecular weight is 352 g/mol. The van der Waals surface area contributed by atoms with Gasteiger partial charge >= 0.3 is 11.8 Å². The lowest BCUT2D eigenvalue weighted by Crippen LogP contribution is -2.32. The number of rotatable bonds is 3. The van der Waals surface area contributed by atoms with Crippen LogP contribution in [0.15, 0.2) is 47.6 Å². The standard InChI is InChI=1S/C15H11Cl2N3O3/c16-10-1-4-12(5-2-10)19-14(22)15(23)20-18-8-9-7-11(17)3-6-13(9)21/h1-8,21H,(H,19,22)(H,20,23)/b18-8+. The van der Waals surface area contributed by atoms with Crippen molar-refractivity contribution in [1.29, 1.82) is 0 Å². The normalized spacial score (nSPS) is 10.5. The molecule has 8 heteroatoms. The van der Waals surface area contributed by atoms with Crippen LogP contribution in [0.5, 0.6) is 5.75 Å². The number of phenols is 1. The van der Waals surface area contributed by atoms with Gasteiger partial charge in [0.2, 0.25) is 0 Å². The van der Waals surface area contributed by atoms with Crippen LogP contribution in [0.3, 0.4) is 0 Å². The van der Waals surface area contributed by atoms with Crippen LogP contribution in [0.25, 0.3) is 0 Å². The van der Waals surface area contributed by atoms with Crippen molar-refractivity contribution >= 4 is 46.9 Å². The molecule has 0 radical (unpaired) electrons. The summed E-state index contributed by atoms with van der Waals surface area (Å²) in [6, 6.07) is 10.6. The highest BCUT2D eigenvalue weighted by atomic mass is 35.5. The van der Waals surface area contributed by atoms with Crippen molar-refractivity contribution in [2.45, 2.75) is 0 Å². The molecule has 0 bridgehead atoms. The first kappa shape index (κ1) is 16.8. The van der Waals surface area contributed by atoms with E-state index in [0.29, 0.717) is 21.3 Å². The number of nitrogens with zero attached hydrogens (tertiary/aromatic N) is 1. The summed E-state index contributed by atoms with van der Waals surface area (Å²) in [5.41, 5.74) is 2.77. The summed E-state index contributed by atoms with van der Waals surface area (Å²) in [5, 5.41) is 16.5. The Labute approximate surface area is 141 Å². The van der Waals surface area contributed by atoms with E-state index < -0.39 is 11.8 Å². The SMILES string of the molecule is O=C(N/N=C/c1cc(Cl)ccc1O)C(=O)Nc1ccc(Cl)cc1. The molecule has 0 fully saturated rings. The molecule has 2 rings (SSSR count). The van der Waals surface area contributed by atoms with Crippen LogP contribution < -0.4 is 10.7 Å². The van der Waals surface area contributed by atoms with Gasteiger partial charge in [-0.3, -0.25) is 9.59 Å². The molecule has 2 aromatic rings. The lowest BCUT2D eigenvalue weighted by Gasteiger charge is -2.04. The molecule has 0 spiro atoms. The summed E-state index contributed by atoms with van der Waals surface area (Å²) in [4.78, 5) is 23.3. The third-order valence-corrected chi connectivity index (χ3v) is 3.15. The minimum absolute atomic E-state index is 0.0574. The van der Waals surface area contributed by atoms with Gasteiger partial charge in [0, 0.05) is 21.3 Å². The second kappa shape index (κ2) is 7.62. The number of carbonyl (C=O) groups excluding carboxylic acids is 2. The molecule has 118 valence electrons. The summed E-state index contributed by atoms with van der Waals surface area (Å²) >= 11 is 11.5. The predicted octanol–water partition coefficient (Wildman–Crippen LogP) is 2.79. The van der Waals surface area contributed by atoms with Gasteiger partial charge in [-0.15, -0.1) is 0 Å². The first-order chi connectivity index (χ1) is 11.0. The topological polar surface area (TPSA) is 90.8 Å². The molecule has 23 heavy (non-hydrogen) atoms. The van der Waals surface area contributed by atoms with Gasteiger partial charge in [0.1, 0.15) is 5.75 Å². The zero-order chi connectivity index (χ0) is 16.8.